The molecule has 10 heteroatoms. The number of nitrogens with one attached hydrogen (secondary N) is 1. The van der Waals surface area contributed by atoms with Crippen LogP contribution in [0.25, 0.3) is 0 Å². The first-order chi connectivity index (χ1) is 18.4. The van der Waals surface area contributed by atoms with Crippen LogP contribution in [0.4, 0.5) is 5.69 Å². The molecule has 1 N–H and O–H groups in total. The lowest BCUT2D eigenvalue weighted by atomic mass is 10.2. The summed E-state index contributed by atoms with van der Waals surface area (Å²) in [5.41, 5.74) is 1.56. The van der Waals surface area contributed by atoms with Crippen LogP contribution >= 0.6 is 0 Å². The van der Waals surface area contributed by atoms with Gasteiger partial charge >= 0.3 is 0 Å². The lowest BCUT2D eigenvalue weighted by Crippen LogP contribution is -2.45. The molecule has 2 aromatic rings. The second kappa shape index (κ2) is 13.2. The van der Waals surface area contributed by atoms with Crippen LogP contribution in [0.5, 0.6) is 5.75 Å². The van der Waals surface area contributed by atoms with E-state index < -0.39 is 10.0 Å². The molecule has 2 heterocycles. The molecule has 0 aromatic heterocycles. The Balaban J connectivity index is 1.35. The summed E-state index contributed by atoms with van der Waals surface area (Å²) in [6.07, 6.45) is 4.48. The Kier molecular flexibility index (Phi) is 9.76. The van der Waals surface area contributed by atoms with Gasteiger partial charge in [-0.3, -0.25) is 19.4 Å². The lowest BCUT2D eigenvalue weighted by Gasteiger charge is -2.30. The monoisotopic (exact) mass is 542 g/mol. The minimum Gasteiger partial charge on any atom is -0.482 e. The summed E-state index contributed by atoms with van der Waals surface area (Å²) < 4.78 is 33.7. The predicted octanol–water partition coefficient (Wildman–Crippen LogP) is 3.01. The van der Waals surface area contributed by atoms with Gasteiger partial charge in [-0.2, -0.15) is 4.31 Å². The molecule has 1 saturated heterocycles. The molecular formula is C28H38N4O5S. The van der Waals surface area contributed by atoms with Crippen molar-refractivity contribution in [2.45, 2.75) is 50.5 Å². The Labute approximate surface area is 225 Å². The summed E-state index contributed by atoms with van der Waals surface area (Å²) in [7, 11) is -3.70. The van der Waals surface area contributed by atoms with Crippen molar-refractivity contribution in [1.82, 2.24) is 14.5 Å². The van der Waals surface area contributed by atoms with Crippen molar-refractivity contribution in [2.75, 3.05) is 50.8 Å². The molecule has 2 aliphatic heterocycles. The minimum atomic E-state index is -3.70. The minimum absolute atomic E-state index is 0.111. The van der Waals surface area contributed by atoms with E-state index in [4.69, 9.17) is 4.74 Å². The van der Waals surface area contributed by atoms with Gasteiger partial charge in [-0.15, -0.1) is 0 Å². The first-order valence-electron chi connectivity index (χ1n) is 13.5. The van der Waals surface area contributed by atoms with Gasteiger partial charge in [0.15, 0.2) is 6.61 Å². The Morgan fingerprint density at radius 1 is 1.05 bits per heavy atom. The van der Waals surface area contributed by atoms with Gasteiger partial charge in [0.05, 0.1) is 10.6 Å². The van der Waals surface area contributed by atoms with E-state index >= 15 is 0 Å². The molecule has 2 amide bonds. The third-order valence-corrected chi connectivity index (χ3v) is 8.94. The number of sulfonamides is 1. The molecule has 0 saturated carbocycles. The lowest BCUT2D eigenvalue weighted by molar-refractivity contribution is -0.125. The van der Waals surface area contributed by atoms with Crippen molar-refractivity contribution in [3.8, 4) is 5.75 Å². The molecule has 0 radical (unpaired) electrons. The van der Waals surface area contributed by atoms with E-state index in [1.165, 1.54) is 26.9 Å². The highest BCUT2D eigenvalue weighted by atomic mass is 32.2. The summed E-state index contributed by atoms with van der Waals surface area (Å²) in [6, 6.07) is 14.8. The van der Waals surface area contributed by atoms with E-state index in [1.54, 1.807) is 6.07 Å². The number of benzene rings is 2. The average Bonchev–Trinajstić information content (AvgIpc) is 3.23. The van der Waals surface area contributed by atoms with Gasteiger partial charge in [0.1, 0.15) is 12.3 Å². The number of anilines is 1. The van der Waals surface area contributed by atoms with Crippen molar-refractivity contribution in [3.05, 3.63) is 54.1 Å². The van der Waals surface area contributed by atoms with E-state index in [9.17, 15) is 18.0 Å². The molecule has 0 unspecified atom stereocenters. The normalized spacial score (nSPS) is 16.6. The maximum atomic E-state index is 13.3. The predicted molar refractivity (Wildman–Crippen MR) is 147 cm³/mol. The molecule has 0 aliphatic carbocycles. The van der Waals surface area contributed by atoms with Crippen LogP contribution in [0.2, 0.25) is 0 Å². The second-order valence-electron chi connectivity index (χ2n) is 9.77. The smallest absolute Gasteiger partial charge is 0.265 e. The van der Waals surface area contributed by atoms with Crippen molar-refractivity contribution in [2.24, 2.45) is 0 Å². The van der Waals surface area contributed by atoms with Crippen molar-refractivity contribution in [3.63, 3.8) is 0 Å². The largest absolute Gasteiger partial charge is 0.482 e. The van der Waals surface area contributed by atoms with Crippen molar-refractivity contribution < 1.29 is 22.7 Å². The van der Waals surface area contributed by atoms with Gasteiger partial charge < -0.3 is 10.1 Å². The number of nitrogens with zero attached hydrogens (tertiary/aromatic N) is 3. The molecule has 2 aliphatic rings. The summed E-state index contributed by atoms with van der Waals surface area (Å²) >= 11 is 0. The maximum Gasteiger partial charge on any atom is 0.265 e. The topological polar surface area (TPSA) is 99.3 Å². The van der Waals surface area contributed by atoms with Gasteiger partial charge in [-0.25, -0.2) is 8.42 Å². The second-order valence-corrected chi connectivity index (χ2v) is 11.7. The molecule has 2 aromatic carbocycles. The zero-order chi connectivity index (χ0) is 27.0. The number of rotatable bonds is 11. The highest BCUT2D eigenvalue weighted by Gasteiger charge is 2.31. The summed E-state index contributed by atoms with van der Waals surface area (Å²) in [5.74, 6) is -0.276. The number of fused-ring (bicyclic) bond motifs is 1. The zero-order valence-electron chi connectivity index (χ0n) is 22.1. The van der Waals surface area contributed by atoms with Gasteiger partial charge in [0.2, 0.25) is 15.9 Å². The van der Waals surface area contributed by atoms with Gasteiger partial charge in [-0.1, -0.05) is 50.1 Å². The van der Waals surface area contributed by atoms with Gasteiger partial charge in [0, 0.05) is 32.7 Å². The quantitative estimate of drug-likeness (QED) is 0.439. The van der Waals surface area contributed by atoms with E-state index in [0.717, 1.165) is 51.7 Å². The zero-order valence-corrected chi connectivity index (χ0v) is 22.9. The number of hydrogen-bond donors (Lipinski definition) is 1. The molecular weight excluding hydrogens is 504 g/mol. The fourth-order valence-corrected chi connectivity index (χ4v) is 6.41. The third kappa shape index (κ3) is 7.12. The van der Waals surface area contributed by atoms with E-state index in [-0.39, 0.29) is 29.9 Å². The van der Waals surface area contributed by atoms with E-state index in [0.29, 0.717) is 31.1 Å². The Hall–Kier alpha value is -2.95. The van der Waals surface area contributed by atoms with Crippen LogP contribution in [0.15, 0.2) is 53.4 Å². The number of carbonyl (C=O) groups excluding carboxylic acids is 2. The average molecular weight is 543 g/mol. The van der Waals surface area contributed by atoms with Crippen LogP contribution in [0, 0.1) is 0 Å². The van der Waals surface area contributed by atoms with Gasteiger partial charge in [-0.05, 0) is 49.6 Å². The maximum absolute atomic E-state index is 13.3. The number of ether oxygens (including phenoxy) is 1. The van der Waals surface area contributed by atoms with Crippen molar-refractivity contribution >= 4 is 27.5 Å². The van der Waals surface area contributed by atoms with E-state index in [2.05, 4.69) is 29.3 Å². The molecule has 206 valence electrons. The molecule has 0 bridgehead atoms. The van der Waals surface area contributed by atoms with Crippen LogP contribution in [0.1, 0.15) is 44.6 Å². The Bertz CT molecular complexity index is 1200. The highest BCUT2D eigenvalue weighted by molar-refractivity contribution is 7.89. The summed E-state index contributed by atoms with van der Waals surface area (Å²) in [4.78, 5) is 29.2. The van der Waals surface area contributed by atoms with Crippen LogP contribution in [0.3, 0.4) is 0 Å². The van der Waals surface area contributed by atoms with Crippen molar-refractivity contribution in [1.29, 1.82) is 0 Å². The standard InChI is InChI=1S/C28H38N4O5S/c1-2-30(20-23-11-6-5-7-12-23)16-10-15-29-27(33)21-32-25-19-24(13-14-26(25)37-22-28(32)34)38(35,36)31-17-8-3-4-9-18-31/h5-7,11-14,19H,2-4,8-10,15-18,20-22H2,1H3,(H,29,33). The summed E-state index contributed by atoms with van der Waals surface area (Å²) in [6.45, 7) is 5.79. The summed E-state index contributed by atoms with van der Waals surface area (Å²) in [5, 5.41) is 2.90. The number of hydrogen-bond acceptors (Lipinski definition) is 6. The SMILES string of the molecule is CCN(CCCNC(=O)CN1C(=O)COc2ccc(S(=O)(=O)N3CCCCCC3)cc21)Cc1ccccc1. The van der Waals surface area contributed by atoms with Crippen LogP contribution < -0.4 is 15.0 Å². The molecule has 0 atom stereocenters. The fraction of sp³-hybridized carbons (Fsp3) is 0.500. The number of carbonyl (C=O) groups is 2. The van der Waals surface area contributed by atoms with Crippen LogP contribution in [-0.4, -0.2) is 75.3 Å². The molecule has 0 spiro atoms. The van der Waals surface area contributed by atoms with E-state index in [1.807, 2.05) is 18.2 Å². The van der Waals surface area contributed by atoms with Gasteiger partial charge in [0.25, 0.3) is 5.91 Å². The molecule has 38 heavy (non-hydrogen) atoms. The van der Waals surface area contributed by atoms with Crippen LogP contribution in [-0.2, 0) is 26.2 Å². The fourth-order valence-electron chi connectivity index (χ4n) is 4.87. The molecule has 9 nitrogen and oxygen atoms in total. The first-order valence-corrected chi connectivity index (χ1v) is 14.9. The Morgan fingerprint density at radius 3 is 2.50 bits per heavy atom. The third-order valence-electron chi connectivity index (χ3n) is 7.05. The molecule has 1 fully saturated rings. The molecule has 4 rings (SSSR count). The highest BCUT2D eigenvalue weighted by Crippen LogP contribution is 2.35. The Morgan fingerprint density at radius 2 is 1.79 bits per heavy atom. The first kappa shape index (κ1) is 28.1. The number of amides is 2.